The van der Waals surface area contributed by atoms with Crippen molar-refractivity contribution in [3.63, 3.8) is 0 Å². The van der Waals surface area contributed by atoms with Crippen LogP contribution in [0, 0.1) is 12.7 Å². The SMILES string of the molecule is Cc1cc2c(cc1F)CCN2c1ncnc2ccc(-c3cncc(C(=O)NC4CC4)c3)cc12. The minimum atomic E-state index is -0.177. The summed E-state index contributed by atoms with van der Waals surface area (Å²) in [6, 6.07) is 11.7. The molecule has 4 aromatic rings. The third-order valence-electron chi connectivity index (χ3n) is 6.37. The van der Waals surface area contributed by atoms with Crippen LogP contribution in [0.4, 0.5) is 15.9 Å². The first kappa shape index (κ1) is 19.8. The maximum atomic E-state index is 14.1. The Balaban J connectivity index is 1.41. The van der Waals surface area contributed by atoms with Gasteiger partial charge in [0, 0.05) is 41.6 Å². The summed E-state index contributed by atoms with van der Waals surface area (Å²) in [5.41, 5.74) is 5.75. The van der Waals surface area contributed by atoms with Crippen LogP contribution < -0.4 is 10.2 Å². The summed E-state index contributed by atoms with van der Waals surface area (Å²) in [5.74, 6) is 0.527. The zero-order chi connectivity index (χ0) is 22.5. The summed E-state index contributed by atoms with van der Waals surface area (Å²) in [5, 5.41) is 3.91. The molecule has 1 fully saturated rings. The molecule has 33 heavy (non-hydrogen) atoms. The van der Waals surface area contributed by atoms with Gasteiger partial charge < -0.3 is 10.2 Å². The molecule has 6 rings (SSSR count). The second kappa shape index (κ2) is 7.62. The van der Waals surface area contributed by atoms with Crippen LogP contribution in [0.3, 0.4) is 0 Å². The van der Waals surface area contributed by atoms with E-state index in [1.165, 1.54) is 0 Å². The zero-order valence-corrected chi connectivity index (χ0v) is 18.2. The van der Waals surface area contributed by atoms with Crippen molar-refractivity contribution in [2.75, 3.05) is 11.4 Å². The predicted octanol–water partition coefficient (Wildman–Crippen LogP) is 4.73. The number of nitrogens with one attached hydrogen (secondary N) is 1. The molecule has 3 heterocycles. The Labute approximate surface area is 190 Å². The molecule has 0 unspecified atom stereocenters. The summed E-state index contributed by atoms with van der Waals surface area (Å²) in [6.45, 7) is 2.51. The number of hydrogen-bond acceptors (Lipinski definition) is 5. The van der Waals surface area contributed by atoms with Crippen molar-refractivity contribution in [3.8, 4) is 11.1 Å². The minimum Gasteiger partial charge on any atom is -0.349 e. The quantitative estimate of drug-likeness (QED) is 0.498. The minimum absolute atomic E-state index is 0.0899. The average molecular weight is 439 g/mol. The van der Waals surface area contributed by atoms with E-state index in [1.54, 1.807) is 31.7 Å². The lowest BCUT2D eigenvalue weighted by molar-refractivity contribution is 0.0950. The van der Waals surface area contributed by atoms with Gasteiger partial charge in [0.1, 0.15) is 18.0 Å². The molecule has 0 atom stereocenters. The number of nitrogens with zero attached hydrogens (tertiary/aromatic N) is 4. The fourth-order valence-corrected chi connectivity index (χ4v) is 4.39. The number of aryl methyl sites for hydroxylation is 1. The lowest BCUT2D eigenvalue weighted by Gasteiger charge is -2.20. The molecule has 0 radical (unpaired) electrons. The van der Waals surface area contributed by atoms with E-state index in [0.717, 1.165) is 64.9 Å². The highest BCUT2D eigenvalue weighted by Crippen LogP contribution is 2.38. The highest BCUT2D eigenvalue weighted by atomic mass is 19.1. The molecular weight excluding hydrogens is 417 g/mol. The van der Waals surface area contributed by atoms with Crippen LogP contribution in [0.2, 0.25) is 0 Å². The monoisotopic (exact) mass is 439 g/mol. The summed E-state index contributed by atoms with van der Waals surface area (Å²) in [4.78, 5) is 28.0. The number of fused-ring (bicyclic) bond motifs is 2. The fourth-order valence-electron chi connectivity index (χ4n) is 4.39. The molecule has 1 aliphatic carbocycles. The van der Waals surface area contributed by atoms with Crippen LogP contribution >= 0.6 is 0 Å². The maximum absolute atomic E-state index is 14.1. The Hall–Kier alpha value is -3.87. The summed E-state index contributed by atoms with van der Waals surface area (Å²) >= 11 is 0. The second-order valence-electron chi connectivity index (χ2n) is 8.77. The molecule has 7 heteroatoms. The summed E-state index contributed by atoms with van der Waals surface area (Å²) in [6.07, 6.45) is 7.77. The molecule has 2 aliphatic rings. The number of amides is 1. The van der Waals surface area contributed by atoms with Gasteiger partial charge >= 0.3 is 0 Å². The van der Waals surface area contributed by atoms with E-state index in [2.05, 4.69) is 25.2 Å². The van der Waals surface area contributed by atoms with Crippen molar-refractivity contribution in [1.29, 1.82) is 0 Å². The summed E-state index contributed by atoms with van der Waals surface area (Å²) in [7, 11) is 0. The summed E-state index contributed by atoms with van der Waals surface area (Å²) < 4.78 is 14.1. The smallest absolute Gasteiger partial charge is 0.253 e. The van der Waals surface area contributed by atoms with Crippen LogP contribution in [0.5, 0.6) is 0 Å². The van der Waals surface area contributed by atoms with E-state index < -0.39 is 0 Å². The van der Waals surface area contributed by atoms with Gasteiger partial charge in [0.15, 0.2) is 0 Å². The Morgan fingerprint density at radius 3 is 2.82 bits per heavy atom. The molecule has 1 aliphatic heterocycles. The van der Waals surface area contributed by atoms with Gasteiger partial charge in [-0.3, -0.25) is 9.78 Å². The lowest BCUT2D eigenvalue weighted by atomic mass is 10.0. The number of pyridine rings is 1. The van der Waals surface area contributed by atoms with Gasteiger partial charge in [-0.15, -0.1) is 0 Å². The maximum Gasteiger partial charge on any atom is 0.253 e. The second-order valence-corrected chi connectivity index (χ2v) is 8.77. The molecule has 0 bridgehead atoms. The van der Waals surface area contributed by atoms with E-state index >= 15 is 0 Å². The van der Waals surface area contributed by atoms with E-state index in [-0.39, 0.29) is 11.7 Å². The van der Waals surface area contributed by atoms with Crippen molar-refractivity contribution >= 4 is 28.3 Å². The predicted molar refractivity (Wildman–Crippen MR) is 125 cm³/mol. The molecule has 1 amide bonds. The average Bonchev–Trinajstić information content (AvgIpc) is 3.57. The van der Waals surface area contributed by atoms with Crippen molar-refractivity contribution in [3.05, 3.63) is 77.6 Å². The van der Waals surface area contributed by atoms with E-state index in [9.17, 15) is 9.18 Å². The molecule has 1 N–H and O–H groups in total. The lowest BCUT2D eigenvalue weighted by Crippen LogP contribution is -2.25. The highest BCUT2D eigenvalue weighted by molar-refractivity contribution is 5.97. The number of aromatic nitrogens is 3. The van der Waals surface area contributed by atoms with Crippen LogP contribution in [0.25, 0.3) is 22.0 Å². The molecule has 164 valence electrons. The van der Waals surface area contributed by atoms with Crippen LogP contribution in [-0.4, -0.2) is 33.4 Å². The number of carbonyl (C=O) groups is 1. The molecule has 1 saturated carbocycles. The number of anilines is 2. The van der Waals surface area contributed by atoms with Gasteiger partial charge in [-0.05, 0) is 73.2 Å². The van der Waals surface area contributed by atoms with Crippen molar-refractivity contribution in [1.82, 2.24) is 20.3 Å². The van der Waals surface area contributed by atoms with Crippen molar-refractivity contribution in [2.24, 2.45) is 0 Å². The molecule has 0 spiro atoms. The largest absolute Gasteiger partial charge is 0.349 e. The molecule has 2 aromatic heterocycles. The van der Waals surface area contributed by atoms with E-state index in [0.29, 0.717) is 17.2 Å². The number of carbonyl (C=O) groups excluding carboxylic acids is 1. The number of rotatable bonds is 4. The molecule has 0 saturated heterocycles. The topological polar surface area (TPSA) is 71.0 Å². The number of halogens is 1. The van der Waals surface area contributed by atoms with Crippen molar-refractivity contribution < 1.29 is 9.18 Å². The van der Waals surface area contributed by atoms with E-state index in [1.807, 2.05) is 30.3 Å². The van der Waals surface area contributed by atoms with Gasteiger partial charge in [-0.2, -0.15) is 0 Å². The normalized spacial score (nSPS) is 15.0. The highest BCUT2D eigenvalue weighted by Gasteiger charge is 2.25. The van der Waals surface area contributed by atoms with Crippen LogP contribution in [0.1, 0.15) is 34.3 Å². The zero-order valence-electron chi connectivity index (χ0n) is 18.2. The van der Waals surface area contributed by atoms with Gasteiger partial charge in [0.25, 0.3) is 5.91 Å². The standard InChI is InChI=1S/C26H22FN5O/c1-15-8-24-17(11-22(15)27)6-7-32(24)25-21-10-16(2-5-23(21)29-14-30-25)18-9-19(13-28-12-18)26(33)31-20-3-4-20/h2,5,8-14,20H,3-4,6-7H2,1H3,(H,31,33). The molecule has 2 aromatic carbocycles. The van der Waals surface area contributed by atoms with Crippen LogP contribution in [-0.2, 0) is 6.42 Å². The van der Waals surface area contributed by atoms with Crippen molar-refractivity contribution in [2.45, 2.75) is 32.2 Å². The molecular formula is C26H22FN5O. The third-order valence-corrected chi connectivity index (χ3v) is 6.37. The molecule has 6 nitrogen and oxygen atoms in total. The van der Waals surface area contributed by atoms with Crippen LogP contribution in [0.15, 0.2) is 55.1 Å². The Morgan fingerprint density at radius 1 is 1.09 bits per heavy atom. The number of hydrogen-bond donors (Lipinski definition) is 1. The van der Waals surface area contributed by atoms with Gasteiger partial charge in [-0.1, -0.05) is 6.07 Å². The number of benzene rings is 2. The Morgan fingerprint density at radius 2 is 1.97 bits per heavy atom. The Kier molecular flexibility index (Phi) is 4.57. The third kappa shape index (κ3) is 3.59. The first-order valence-corrected chi connectivity index (χ1v) is 11.1. The van der Waals surface area contributed by atoms with E-state index in [4.69, 9.17) is 0 Å². The van der Waals surface area contributed by atoms with Gasteiger partial charge in [-0.25, -0.2) is 14.4 Å². The Bertz CT molecular complexity index is 1420. The fraction of sp³-hybridized carbons (Fsp3) is 0.231. The first-order chi connectivity index (χ1) is 16.1. The first-order valence-electron chi connectivity index (χ1n) is 11.1. The van der Waals surface area contributed by atoms with Gasteiger partial charge in [0.05, 0.1) is 11.1 Å². The van der Waals surface area contributed by atoms with Gasteiger partial charge in [0.2, 0.25) is 0 Å².